The third-order valence-electron chi connectivity index (χ3n) is 1.03. The second-order valence-corrected chi connectivity index (χ2v) is 1.78. The Labute approximate surface area is 55.9 Å². The maximum absolute atomic E-state index is 3.02. The first-order chi connectivity index (χ1) is 4.50. The van der Waals surface area contributed by atoms with Crippen LogP contribution in [0.3, 0.4) is 0 Å². The number of allylic oxidation sites excluding steroid dienone is 8. The van der Waals surface area contributed by atoms with E-state index >= 15 is 0 Å². The van der Waals surface area contributed by atoms with E-state index in [4.69, 9.17) is 0 Å². The molecule has 0 aromatic rings. The Hall–Kier alpha value is -1.04. The molecule has 45 valence electrons. The van der Waals surface area contributed by atoms with E-state index in [0.717, 1.165) is 6.42 Å². The van der Waals surface area contributed by atoms with E-state index < -0.39 is 0 Å². The minimum atomic E-state index is 0.981. The fourth-order valence-electron chi connectivity index (χ4n) is 0.601. The molecule has 1 rings (SSSR count). The predicted molar refractivity (Wildman–Crippen MR) is 39.9 cm³/mol. The smallest absolute Gasteiger partial charge is 0.0157 e. The SMILES string of the molecule is [C]1=CCC=CC=CC=C1. The van der Waals surface area contributed by atoms with Crippen LogP contribution in [-0.2, 0) is 0 Å². The molecule has 1 aliphatic rings. The second-order valence-electron chi connectivity index (χ2n) is 1.78. The van der Waals surface area contributed by atoms with Gasteiger partial charge in [0.2, 0.25) is 0 Å². The van der Waals surface area contributed by atoms with Gasteiger partial charge in [0.05, 0.1) is 0 Å². The van der Waals surface area contributed by atoms with Crippen molar-refractivity contribution in [1.82, 2.24) is 0 Å². The minimum absolute atomic E-state index is 0.981. The summed E-state index contributed by atoms with van der Waals surface area (Å²) in [6, 6.07) is 0. The summed E-state index contributed by atoms with van der Waals surface area (Å²) in [7, 11) is 0. The lowest BCUT2D eigenvalue weighted by Crippen LogP contribution is -1.54. The van der Waals surface area contributed by atoms with Crippen molar-refractivity contribution in [1.29, 1.82) is 0 Å². The lowest BCUT2D eigenvalue weighted by molar-refractivity contribution is 1.39. The summed E-state index contributed by atoms with van der Waals surface area (Å²) in [4.78, 5) is 0. The molecule has 0 heteroatoms. The van der Waals surface area contributed by atoms with Crippen LogP contribution in [0.2, 0.25) is 0 Å². The first kappa shape index (κ1) is 6.09. The quantitative estimate of drug-likeness (QED) is 0.457. The summed E-state index contributed by atoms with van der Waals surface area (Å²) < 4.78 is 0. The first-order valence-corrected chi connectivity index (χ1v) is 3.06. The van der Waals surface area contributed by atoms with Crippen molar-refractivity contribution in [2.24, 2.45) is 0 Å². The molecule has 9 heavy (non-hydrogen) atoms. The fraction of sp³-hybridized carbons (Fsp3) is 0.111. The van der Waals surface area contributed by atoms with Crippen LogP contribution in [0.1, 0.15) is 6.42 Å². The third-order valence-corrected chi connectivity index (χ3v) is 1.03. The van der Waals surface area contributed by atoms with Gasteiger partial charge in [-0.25, -0.2) is 0 Å². The highest BCUT2D eigenvalue weighted by Crippen LogP contribution is 1.90. The molecule has 0 heterocycles. The van der Waals surface area contributed by atoms with Crippen LogP contribution < -0.4 is 0 Å². The van der Waals surface area contributed by atoms with Crippen LogP contribution in [0.25, 0.3) is 0 Å². The van der Waals surface area contributed by atoms with Crippen molar-refractivity contribution in [3.8, 4) is 0 Å². The molecule has 0 amide bonds. The molecule has 0 spiro atoms. The minimum Gasteiger partial charge on any atom is -0.0807 e. The summed E-state index contributed by atoms with van der Waals surface area (Å²) >= 11 is 0. The molecule has 0 N–H and O–H groups in total. The monoisotopic (exact) mass is 117 g/mol. The summed E-state index contributed by atoms with van der Waals surface area (Å²) in [5.74, 6) is 0. The average Bonchev–Trinajstić information content (AvgIpc) is 2.00. The van der Waals surface area contributed by atoms with Gasteiger partial charge < -0.3 is 0 Å². The van der Waals surface area contributed by atoms with E-state index in [-0.39, 0.29) is 0 Å². The van der Waals surface area contributed by atoms with Crippen LogP contribution in [0.5, 0.6) is 0 Å². The van der Waals surface area contributed by atoms with Crippen LogP contribution in [-0.4, -0.2) is 0 Å². The molecule has 0 nitrogen and oxygen atoms in total. The number of hydrogen-bond acceptors (Lipinski definition) is 0. The predicted octanol–water partition coefficient (Wildman–Crippen LogP) is 2.42. The van der Waals surface area contributed by atoms with Gasteiger partial charge in [-0.15, -0.1) is 0 Å². The average molecular weight is 117 g/mol. The van der Waals surface area contributed by atoms with E-state index in [1.165, 1.54) is 0 Å². The van der Waals surface area contributed by atoms with Gasteiger partial charge in [0.15, 0.2) is 0 Å². The zero-order valence-electron chi connectivity index (χ0n) is 5.25. The zero-order chi connectivity index (χ0) is 6.36. The molecule has 0 saturated carbocycles. The summed E-state index contributed by atoms with van der Waals surface area (Å²) in [5, 5.41) is 0. The molecule has 1 aliphatic carbocycles. The Morgan fingerprint density at radius 3 is 2.89 bits per heavy atom. The van der Waals surface area contributed by atoms with Crippen LogP contribution in [0.15, 0.2) is 42.5 Å². The summed E-state index contributed by atoms with van der Waals surface area (Å²) in [6.45, 7) is 0. The highest BCUT2D eigenvalue weighted by atomic mass is 13.8. The largest absolute Gasteiger partial charge is 0.0807 e. The topological polar surface area (TPSA) is 0 Å². The molecule has 1 radical (unpaired) electrons. The molecule has 0 bridgehead atoms. The van der Waals surface area contributed by atoms with Gasteiger partial charge in [-0.1, -0.05) is 42.5 Å². The van der Waals surface area contributed by atoms with Gasteiger partial charge in [0.25, 0.3) is 0 Å². The van der Waals surface area contributed by atoms with E-state index in [9.17, 15) is 0 Å². The first-order valence-electron chi connectivity index (χ1n) is 3.06. The molecule has 0 aromatic carbocycles. The van der Waals surface area contributed by atoms with Gasteiger partial charge in [-0.3, -0.25) is 0 Å². The Balaban J connectivity index is 2.60. The molecule has 0 saturated heterocycles. The van der Waals surface area contributed by atoms with Crippen LogP contribution in [0, 0.1) is 6.08 Å². The number of rotatable bonds is 0. The molecular formula is C9H9. The highest BCUT2D eigenvalue weighted by Gasteiger charge is 1.70. The molecular weight excluding hydrogens is 108 g/mol. The molecule has 0 fully saturated rings. The third kappa shape index (κ3) is 2.70. The zero-order valence-corrected chi connectivity index (χ0v) is 5.25. The second kappa shape index (κ2) is 3.90. The fourth-order valence-corrected chi connectivity index (χ4v) is 0.601. The Kier molecular flexibility index (Phi) is 2.64. The Morgan fingerprint density at radius 2 is 1.89 bits per heavy atom. The van der Waals surface area contributed by atoms with Crippen molar-refractivity contribution in [3.05, 3.63) is 48.6 Å². The van der Waals surface area contributed by atoms with Gasteiger partial charge in [0.1, 0.15) is 0 Å². The van der Waals surface area contributed by atoms with Crippen molar-refractivity contribution in [2.45, 2.75) is 6.42 Å². The molecule has 0 atom stereocenters. The molecule has 0 unspecified atom stereocenters. The maximum Gasteiger partial charge on any atom is -0.0157 e. The van der Waals surface area contributed by atoms with Gasteiger partial charge in [-0.2, -0.15) is 0 Å². The van der Waals surface area contributed by atoms with E-state index in [1.807, 2.05) is 36.5 Å². The van der Waals surface area contributed by atoms with E-state index in [2.05, 4.69) is 12.2 Å². The number of hydrogen-bond donors (Lipinski definition) is 0. The standard InChI is InChI=1S/C9H9/c1-2-4-6-8-9-7-5-3-1/h1-6,9H,7H2. The summed E-state index contributed by atoms with van der Waals surface area (Å²) in [5.41, 5.74) is 0. The van der Waals surface area contributed by atoms with Gasteiger partial charge >= 0.3 is 0 Å². The van der Waals surface area contributed by atoms with Crippen molar-refractivity contribution < 1.29 is 0 Å². The lowest BCUT2D eigenvalue weighted by Gasteiger charge is -1.73. The van der Waals surface area contributed by atoms with Crippen molar-refractivity contribution in [2.75, 3.05) is 0 Å². The Morgan fingerprint density at radius 1 is 1.00 bits per heavy atom. The molecule has 0 aromatic heterocycles. The van der Waals surface area contributed by atoms with Crippen LogP contribution >= 0.6 is 0 Å². The van der Waals surface area contributed by atoms with E-state index in [1.54, 1.807) is 0 Å². The lowest BCUT2D eigenvalue weighted by atomic mass is 10.3. The van der Waals surface area contributed by atoms with Gasteiger partial charge in [0, 0.05) is 0 Å². The van der Waals surface area contributed by atoms with Crippen molar-refractivity contribution >= 4 is 0 Å². The normalized spacial score (nSPS) is 16.9. The van der Waals surface area contributed by atoms with Crippen LogP contribution in [0.4, 0.5) is 0 Å². The highest BCUT2D eigenvalue weighted by molar-refractivity contribution is 5.15. The summed E-state index contributed by atoms with van der Waals surface area (Å²) in [6.07, 6.45) is 18.0. The maximum atomic E-state index is 3.02. The van der Waals surface area contributed by atoms with Crippen molar-refractivity contribution in [3.63, 3.8) is 0 Å². The Bertz CT molecular complexity index is 148. The van der Waals surface area contributed by atoms with E-state index in [0.29, 0.717) is 0 Å². The molecule has 0 aliphatic heterocycles. The van der Waals surface area contributed by atoms with Gasteiger partial charge in [-0.05, 0) is 12.5 Å².